The van der Waals surface area contributed by atoms with Crippen molar-refractivity contribution in [1.29, 1.82) is 0 Å². The average molecular weight is 247 g/mol. The van der Waals surface area contributed by atoms with E-state index in [4.69, 9.17) is 5.11 Å². The molecule has 2 rings (SSSR count). The molecule has 0 saturated heterocycles. The van der Waals surface area contributed by atoms with Crippen LogP contribution in [0.15, 0.2) is 47.5 Å². The van der Waals surface area contributed by atoms with Gasteiger partial charge < -0.3 is 9.67 Å². The second-order valence-corrected chi connectivity index (χ2v) is 3.81. The Bertz CT molecular complexity index is 628. The Morgan fingerprint density at radius 2 is 1.89 bits per heavy atom. The maximum Gasteiger partial charge on any atom is 0.336 e. The summed E-state index contributed by atoms with van der Waals surface area (Å²) < 4.78 is 14.6. The topological polar surface area (TPSA) is 59.3 Å². The molecule has 0 radical (unpaired) electrons. The highest BCUT2D eigenvalue weighted by Crippen LogP contribution is 2.13. The van der Waals surface area contributed by atoms with E-state index in [9.17, 15) is 14.0 Å². The lowest BCUT2D eigenvalue weighted by molar-refractivity contribution is 0.0695. The number of carbonyl (C=O) groups is 1. The number of benzene rings is 1. The molecule has 0 fully saturated rings. The van der Waals surface area contributed by atoms with Gasteiger partial charge in [-0.1, -0.05) is 6.07 Å². The number of hydrogen-bond donors (Lipinski definition) is 1. The summed E-state index contributed by atoms with van der Waals surface area (Å²) in [6, 6.07) is 6.38. The van der Waals surface area contributed by atoms with Gasteiger partial charge in [0.2, 0.25) is 0 Å². The number of carboxylic acid groups (broad SMARTS) is 1. The van der Waals surface area contributed by atoms with Crippen molar-refractivity contribution in [2.75, 3.05) is 0 Å². The van der Waals surface area contributed by atoms with Crippen LogP contribution >= 0.6 is 0 Å². The fraction of sp³-hybridized carbons (Fsp3) is 0.0769. The third-order valence-corrected chi connectivity index (χ3v) is 2.52. The molecule has 1 aromatic carbocycles. The molecule has 0 amide bonds. The van der Waals surface area contributed by atoms with Gasteiger partial charge in [-0.05, 0) is 17.7 Å². The summed E-state index contributed by atoms with van der Waals surface area (Å²) in [5, 5.41) is 8.99. The number of carboxylic acids is 1. The molecule has 1 aromatic heterocycles. The molecule has 1 heterocycles. The second-order valence-electron chi connectivity index (χ2n) is 3.81. The Morgan fingerprint density at radius 3 is 2.50 bits per heavy atom. The number of rotatable bonds is 3. The van der Waals surface area contributed by atoms with E-state index < -0.39 is 11.8 Å². The minimum atomic E-state index is -1.18. The van der Waals surface area contributed by atoms with Crippen molar-refractivity contribution >= 4 is 5.97 Å². The van der Waals surface area contributed by atoms with E-state index >= 15 is 0 Å². The van der Waals surface area contributed by atoms with Crippen LogP contribution in [0.25, 0.3) is 0 Å². The number of aromatic nitrogens is 1. The Kier molecular flexibility index (Phi) is 3.23. The van der Waals surface area contributed by atoms with Gasteiger partial charge in [-0.25, -0.2) is 9.18 Å². The van der Waals surface area contributed by atoms with Crippen LogP contribution < -0.4 is 5.43 Å². The fourth-order valence-corrected chi connectivity index (χ4v) is 1.63. The summed E-state index contributed by atoms with van der Waals surface area (Å²) >= 11 is 0. The molecular weight excluding hydrogens is 237 g/mol. The van der Waals surface area contributed by atoms with Crippen molar-refractivity contribution in [3.05, 3.63) is 69.9 Å². The fourth-order valence-electron chi connectivity index (χ4n) is 1.63. The van der Waals surface area contributed by atoms with Crippen molar-refractivity contribution in [1.82, 2.24) is 4.57 Å². The molecule has 0 aliphatic carbocycles. The van der Waals surface area contributed by atoms with Gasteiger partial charge >= 0.3 is 5.97 Å². The van der Waals surface area contributed by atoms with Crippen molar-refractivity contribution in [3.63, 3.8) is 0 Å². The predicted octanol–water partition coefficient (Wildman–Crippen LogP) is 1.73. The number of nitrogens with zero attached hydrogens (tertiary/aromatic N) is 1. The SMILES string of the molecule is O=C(O)c1cc(F)ccc1Cn1ccc(=O)cc1. The minimum absolute atomic E-state index is 0.0753. The smallest absolute Gasteiger partial charge is 0.336 e. The maximum absolute atomic E-state index is 13.0. The minimum Gasteiger partial charge on any atom is -0.478 e. The van der Waals surface area contributed by atoms with Crippen molar-refractivity contribution in [3.8, 4) is 0 Å². The first kappa shape index (κ1) is 12.0. The van der Waals surface area contributed by atoms with E-state index in [1.165, 1.54) is 24.3 Å². The molecule has 4 nitrogen and oxygen atoms in total. The van der Waals surface area contributed by atoms with Crippen LogP contribution in [0.1, 0.15) is 15.9 Å². The van der Waals surface area contributed by atoms with Crippen LogP contribution in [0.2, 0.25) is 0 Å². The Balaban J connectivity index is 2.36. The van der Waals surface area contributed by atoms with Gasteiger partial charge in [0.25, 0.3) is 0 Å². The zero-order valence-corrected chi connectivity index (χ0v) is 9.34. The number of pyridine rings is 1. The third kappa shape index (κ3) is 2.63. The van der Waals surface area contributed by atoms with Crippen molar-refractivity contribution in [2.24, 2.45) is 0 Å². The highest BCUT2D eigenvalue weighted by atomic mass is 19.1. The van der Waals surface area contributed by atoms with E-state index in [2.05, 4.69) is 0 Å². The van der Waals surface area contributed by atoms with Gasteiger partial charge in [-0.15, -0.1) is 0 Å². The molecule has 0 saturated carbocycles. The maximum atomic E-state index is 13.0. The van der Waals surface area contributed by atoms with E-state index in [1.807, 2.05) is 0 Å². The Hall–Kier alpha value is -2.43. The van der Waals surface area contributed by atoms with Gasteiger partial charge in [0.15, 0.2) is 5.43 Å². The lowest BCUT2D eigenvalue weighted by Gasteiger charge is -2.09. The number of hydrogen-bond acceptors (Lipinski definition) is 2. The molecule has 2 aromatic rings. The van der Waals surface area contributed by atoms with Crippen LogP contribution in [-0.4, -0.2) is 15.6 Å². The summed E-state index contributed by atoms with van der Waals surface area (Å²) in [6.07, 6.45) is 3.11. The molecule has 0 unspecified atom stereocenters. The van der Waals surface area contributed by atoms with Crippen molar-refractivity contribution in [2.45, 2.75) is 6.54 Å². The van der Waals surface area contributed by atoms with Crippen LogP contribution in [0.4, 0.5) is 4.39 Å². The van der Waals surface area contributed by atoms with Gasteiger partial charge in [-0.3, -0.25) is 4.79 Å². The summed E-state index contributed by atoms with van der Waals surface area (Å²) in [5.74, 6) is -1.76. The van der Waals surface area contributed by atoms with E-state index in [-0.39, 0.29) is 17.5 Å². The van der Waals surface area contributed by atoms with Crippen LogP contribution in [0.3, 0.4) is 0 Å². The summed E-state index contributed by atoms with van der Waals surface area (Å²) in [6.45, 7) is 0.266. The van der Waals surface area contributed by atoms with Crippen LogP contribution in [-0.2, 0) is 6.54 Å². The first-order valence-corrected chi connectivity index (χ1v) is 5.24. The average Bonchev–Trinajstić information content (AvgIpc) is 2.34. The molecule has 0 spiro atoms. The second kappa shape index (κ2) is 4.83. The molecule has 0 aliphatic heterocycles. The quantitative estimate of drug-likeness (QED) is 0.898. The molecule has 1 N–H and O–H groups in total. The highest BCUT2D eigenvalue weighted by Gasteiger charge is 2.11. The molecule has 0 atom stereocenters. The number of aromatic carboxylic acids is 1. The van der Waals surface area contributed by atoms with Gasteiger partial charge in [0, 0.05) is 31.1 Å². The first-order valence-electron chi connectivity index (χ1n) is 5.24. The lowest BCUT2D eigenvalue weighted by Crippen LogP contribution is -2.09. The summed E-state index contributed by atoms with van der Waals surface area (Å²) in [4.78, 5) is 21.9. The molecule has 18 heavy (non-hydrogen) atoms. The molecule has 0 bridgehead atoms. The highest BCUT2D eigenvalue weighted by molar-refractivity contribution is 5.89. The lowest BCUT2D eigenvalue weighted by atomic mass is 10.1. The monoisotopic (exact) mass is 247 g/mol. The molecule has 0 aliphatic rings. The number of halogens is 1. The first-order chi connectivity index (χ1) is 8.56. The van der Waals surface area contributed by atoms with Crippen LogP contribution in [0.5, 0.6) is 0 Å². The standard InChI is InChI=1S/C13H10FNO3/c14-10-2-1-9(12(7-10)13(17)18)8-15-5-3-11(16)4-6-15/h1-7H,8H2,(H,17,18). The van der Waals surface area contributed by atoms with E-state index in [0.717, 1.165) is 6.07 Å². The van der Waals surface area contributed by atoms with Gasteiger partial charge in [0.05, 0.1) is 5.56 Å². The third-order valence-electron chi connectivity index (χ3n) is 2.52. The molecule has 92 valence electrons. The summed E-state index contributed by atoms with van der Waals surface area (Å²) in [5.41, 5.74) is 0.282. The Morgan fingerprint density at radius 1 is 1.22 bits per heavy atom. The Labute approximate surface area is 102 Å². The molecular formula is C13H10FNO3. The van der Waals surface area contributed by atoms with Gasteiger partial charge in [-0.2, -0.15) is 0 Å². The van der Waals surface area contributed by atoms with Gasteiger partial charge in [0.1, 0.15) is 5.82 Å². The largest absolute Gasteiger partial charge is 0.478 e. The predicted molar refractivity (Wildman–Crippen MR) is 63.2 cm³/mol. The van der Waals surface area contributed by atoms with E-state index in [0.29, 0.717) is 5.56 Å². The zero-order valence-electron chi connectivity index (χ0n) is 9.34. The normalized spacial score (nSPS) is 10.3. The van der Waals surface area contributed by atoms with Crippen LogP contribution in [0, 0.1) is 5.82 Å². The summed E-state index contributed by atoms with van der Waals surface area (Å²) in [7, 11) is 0. The molecule has 5 heteroatoms. The van der Waals surface area contributed by atoms with E-state index in [1.54, 1.807) is 17.0 Å². The zero-order chi connectivity index (χ0) is 13.1. The van der Waals surface area contributed by atoms with Crippen molar-refractivity contribution < 1.29 is 14.3 Å².